The van der Waals surface area contributed by atoms with E-state index in [9.17, 15) is 4.79 Å². The lowest BCUT2D eigenvalue weighted by atomic mass is 10.2. The number of aromatic nitrogens is 1. The fourth-order valence-corrected chi connectivity index (χ4v) is 1.25. The molecule has 3 nitrogen and oxygen atoms in total. The first-order valence-electron chi connectivity index (χ1n) is 4.07. The van der Waals surface area contributed by atoms with Crippen molar-refractivity contribution >= 4 is 23.1 Å². The number of halogens is 1. The van der Waals surface area contributed by atoms with E-state index in [0.717, 1.165) is 0 Å². The van der Waals surface area contributed by atoms with Crippen LogP contribution < -0.4 is 0 Å². The van der Waals surface area contributed by atoms with Crippen molar-refractivity contribution in [3.8, 4) is 0 Å². The van der Waals surface area contributed by atoms with E-state index < -0.39 is 0 Å². The molecule has 0 bridgehead atoms. The van der Waals surface area contributed by atoms with Gasteiger partial charge in [-0.25, -0.2) is 4.68 Å². The van der Waals surface area contributed by atoms with Crippen LogP contribution in [-0.4, -0.2) is 16.2 Å². The van der Waals surface area contributed by atoms with Crippen molar-refractivity contribution in [2.24, 2.45) is 5.10 Å². The predicted molar refractivity (Wildman–Crippen MR) is 55.3 cm³/mol. The fraction of sp³-hybridized carbons (Fsp3) is 0. The molecule has 0 amide bonds. The van der Waals surface area contributed by atoms with Crippen LogP contribution in [0.3, 0.4) is 0 Å². The number of carbonyl (C=O) groups is 1. The number of nitrogens with zero attached hydrogens (tertiary/aromatic N) is 2. The van der Waals surface area contributed by atoms with Gasteiger partial charge < -0.3 is 0 Å². The Hall–Kier alpha value is -1.61. The summed E-state index contributed by atoms with van der Waals surface area (Å²) >= 11 is 5.67. The van der Waals surface area contributed by atoms with Gasteiger partial charge in [-0.15, -0.1) is 0 Å². The molecule has 14 heavy (non-hydrogen) atoms. The monoisotopic (exact) mass is 206 g/mol. The number of carbonyl (C=O) groups excluding carboxylic acids is 1. The molecule has 0 fully saturated rings. The molecule has 70 valence electrons. The molecule has 0 unspecified atom stereocenters. The maximum absolute atomic E-state index is 11.0. The number of hydrogen-bond donors (Lipinski definition) is 0. The van der Waals surface area contributed by atoms with Crippen LogP contribution in [0.4, 0.5) is 0 Å². The highest BCUT2D eigenvalue weighted by atomic mass is 35.5. The molecule has 0 atom stereocenters. The van der Waals surface area contributed by atoms with Gasteiger partial charge >= 0.3 is 0 Å². The molecule has 1 aromatic heterocycles. The zero-order valence-corrected chi connectivity index (χ0v) is 7.98. The van der Waals surface area contributed by atoms with Gasteiger partial charge in [-0.1, -0.05) is 11.6 Å². The molecule has 0 aromatic carbocycles. The van der Waals surface area contributed by atoms with E-state index >= 15 is 0 Å². The van der Waals surface area contributed by atoms with E-state index in [1.54, 1.807) is 29.2 Å². The van der Waals surface area contributed by atoms with E-state index in [1.807, 2.05) is 12.1 Å². The number of allylic oxidation sites excluding steroid dienone is 4. The molecule has 0 spiro atoms. The summed E-state index contributed by atoms with van der Waals surface area (Å²) < 4.78 is 1.65. The minimum Gasteiger partial charge on any atom is -0.288 e. The zero-order chi connectivity index (χ0) is 9.97. The van der Waals surface area contributed by atoms with Crippen LogP contribution >= 0.6 is 11.6 Å². The van der Waals surface area contributed by atoms with Crippen molar-refractivity contribution < 1.29 is 4.79 Å². The van der Waals surface area contributed by atoms with Crippen molar-refractivity contribution in [1.82, 2.24) is 4.68 Å². The average molecular weight is 207 g/mol. The van der Waals surface area contributed by atoms with Crippen molar-refractivity contribution in [2.75, 3.05) is 0 Å². The third-order valence-corrected chi connectivity index (χ3v) is 2.03. The first-order chi connectivity index (χ1) is 6.75. The highest BCUT2D eigenvalue weighted by Crippen LogP contribution is 2.10. The van der Waals surface area contributed by atoms with E-state index in [1.165, 1.54) is 6.08 Å². The molecule has 4 heteroatoms. The van der Waals surface area contributed by atoms with E-state index in [4.69, 9.17) is 11.6 Å². The van der Waals surface area contributed by atoms with Gasteiger partial charge in [-0.3, -0.25) is 4.79 Å². The molecule has 0 N–H and O–H groups in total. The SMILES string of the molecule is O=C1C=C/C(=N\n2cccc2)C=C1Cl. The number of rotatable bonds is 1. The average Bonchev–Trinajstić information content (AvgIpc) is 2.64. The Bertz CT molecular complexity index is 441. The third-order valence-electron chi connectivity index (χ3n) is 1.74. The van der Waals surface area contributed by atoms with E-state index in [0.29, 0.717) is 5.71 Å². The molecule has 1 heterocycles. The van der Waals surface area contributed by atoms with Gasteiger partial charge in [0, 0.05) is 12.4 Å². The summed E-state index contributed by atoms with van der Waals surface area (Å²) in [4.78, 5) is 11.0. The maximum Gasteiger partial charge on any atom is 0.197 e. The molecule has 0 saturated heterocycles. The molecular weight excluding hydrogens is 200 g/mol. The number of hydrogen-bond acceptors (Lipinski definition) is 2. The van der Waals surface area contributed by atoms with Crippen LogP contribution in [0.2, 0.25) is 0 Å². The predicted octanol–water partition coefficient (Wildman–Crippen LogP) is 1.95. The molecule has 2 rings (SSSR count). The topological polar surface area (TPSA) is 34.4 Å². The fourth-order valence-electron chi connectivity index (χ4n) is 1.08. The van der Waals surface area contributed by atoms with E-state index in [-0.39, 0.29) is 10.8 Å². The lowest BCUT2D eigenvalue weighted by Crippen LogP contribution is -2.04. The van der Waals surface area contributed by atoms with Gasteiger partial charge in [-0.05, 0) is 30.4 Å². The van der Waals surface area contributed by atoms with Gasteiger partial charge in [-0.2, -0.15) is 5.10 Å². The summed E-state index contributed by atoms with van der Waals surface area (Å²) in [6.45, 7) is 0. The Morgan fingerprint density at radius 2 is 1.93 bits per heavy atom. The highest BCUT2D eigenvalue weighted by molar-refractivity contribution is 6.47. The van der Waals surface area contributed by atoms with Crippen LogP contribution in [0.1, 0.15) is 0 Å². The summed E-state index contributed by atoms with van der Waals surface area (Å²) in [7, 11) is 0. The van der Waals surface area contributed by atoms with Crippen LogP contribution in [0, 0.1) is 0 Å². The first-order valence-corrected chi connectivity index (χ1v) is 4.45. The van der Waals surface area contributed by atoms with Crippen LogP contribution in [0.15, 0.2) is 52.9 Å². The summed E-state index contributed by atoms with van der Waals surface area (Å²) in [5, 5.41) is 4.39. The lowest BCUT2D eigenvalue weighted by Gasteiger charge is -2.01. The number of ketones is 1. The second-order valence-electron chi connectivity index (χ2n) is 2.78. The van der Waals surface area contributed by atoms with Gasteiger partial charge in [0.2, 0.25) is 0 Å². The summed E-state index contributed by atoms with van der Waals surface area (Å²) in [5.41, 5.74) is 0.658. The first kappa shape index (κ1) is 8.97. The second kappa shape index (κ2) is 3.64. The standard InChI is InChI=1S/C10H7ClN2O/c11-9-7-8(3-4-10(9)14)12-13-5-1-2-6-13/h1-7H/b12-8+. The molecule has 1 aromatic rings. The summed E-state index contributed by atoms with van der Waals surface area (Å²) in [5.74, 6) is -0.182. The largest absolute Gasteiger partial charge is 0.288 e. The molecular formula is C10H7ClN2O. The van der Waals surface area contributed by atoms with Gasteiger partial charge in [0.15, 0.2) is 5.78 Å². The third kappa shape index (κ3) is 1.83. The normalized spacial score (nSPS) is 18.8. The minimum atomic E-state index is -0.182. The molecule has 0 aliphatic heterocycles. The van der Waals surface area contributed by atoms with Crippen LogP contribution in [0.5, 0.6) is 0 Å². The molecule has 0 saturated carbocycles. The van der Waals surface area contributed by atoms with Gasteiger partial charge in [0.25, 0.3) is 0 Å². The highest BCUT2D eigenvalue weighted by Gasteiger charge is 2.08. The Labute approximate surface area is 86.0 Å². The maximum atomic E-state index is 11.0. The quantitative estimate of drug-likeness (QED) is 0.647. The van der Waals surface area contributed by atoms with Crippen LogP contribution in [-0.2, 0) is 4.79 Å². The minimum absolute atomic E-state index is 0.182. The van der Waals surface area contributed by atoms with Crippen molar-refractivity contribution in [3.63, 3.8) is 0 Å². The van der Waals surface area contributed by atoms with Gasteiger partial charge in [0.1, 0.15) is 0 Å². The lowest BCUT2D eigenvalue weighted by molar-refractivity contribution is -0.110. The van der Waals surface area contributed by atoms with Crippen molar-refractivity contribution in [3.05, 3.63) is 47.8 Å². The van der Waals surface area contributed by atoms with E-state index in [2.05, 4.69) is 5.10 Å². The molecule has 0 radical (unpaired) electrons. The van der Waals surface area contributed by atoms with Crippen molar-refractivity contribution in [1.29, 1.82) is 0 Å². The summed E-state index contributed by atoms with van der Waals surface area (Å²) in [6, 6.07) is 3.74. The van der Waals surface area contributed by atoms with Crippen LogP contribution in [0.25, 0.3) is 0 Å². The Morgan fingerprint density at radius 3 is 2.57 bits per heavy atom. The van der Waals surface area contributed by atoms with Gasteiger partial charge in [0.05, 0.1) is 10.7 Å². The molecule has 1 aliphatic carbocycles. The Morgan fingerprint density at radius 1 is 1.21 bits per heavy atom. The zero-order valence-electron chi connectivity index (χ0n) is 7.22. The summed E-state index contributed by atoms with van der Waals surface area (Å²) in [6.07, 6.45) is 8.20. The molecule has 1 aliphatic rings. The Balaban J connectivity index is 2.30. The smallest absolute Gasteiger partial charge is 0.197 e. The van der Waals surface area contributed by atoms with Crippen molar-refractivity contribution in [2.45, 2.75) is 0 Å². The second-order valence-corrected chi connectivity index (χ2v) is 3.18. The Kier molecular flexibility index (Phi) is 2.33.